The van der Waals surface area contributed by atoms with Crippen LogP contribution in [0.25, 0.3) is 0 Å². The second-order valence-electron chi connectivity index (χ2n) is 5.39. The third-order valence-electron chi connectivity index (χ3n) is 3.91. The monoisotopic (exact) mass is 289 g/mol. The molecule has 1 aliphatic rings. The first kappa shape index (κ1) is 15.2. The lowest BCUT2D eigenvalue weighted by molar-refractivity contribution is -0.384. The van der Waals surface area contributed by atoms with Crippen LogP contribution in [0.4, 0.5) is 11.5 Å². The van der Waals surface area contributed by atoms with Crippen LogP contribution in [0.3, 0.4) is 0 Å². The largest absolute Gasteiger partial charge is 0.364 e. The number of nitriles is 1. The molecule has 1 saturated heterocycles. The Bertz CT molecular complexity index is 547. The molecule has 0 unspecified atom stereocenters. The van der Waals surface area contributed by atoms with Gasteiger partial charge in [0.1, 0.15) is 11.6 Å². The van der Waals surface area contributed by atoms with Crippen molar-refractivity contribution in [2.75, 3.05) is 32.0 Å². The number of nitrogens with zero attached hydrogens (tertiary/aromatic N) is 4. The molecule has 0 spiro atoms. The van der Waals surface area contributed by atoms with Gasteiger partial charge in [-0.2, -0.15) is 5.26 Å². The van der Waals surface area contributed by atoms with E-state index in [1.807, 2.05) is 6.07 Å². The first-order valence-corrected chi connectivity index (χ1v) is 7.07. The van der Waals surface area contributed by atoms with Gasteiger partial charge in [-0.3, -0.25) is 10.1 Å². The van der Waals surface area contributed by atoms with Crippen LogP contribution in [0.15, 0.2) is 12.3 Å². The van der Waals surface area contributed by atoms with Gasteiger partial charge in [0.05, 0.1) is 4.92 Å². The standard InChI is InChI=1S/C14H19N5O2/c1-18-8-4-11(5-9-18)2-6-16-14-13(19(20)21)12(10-15)3-7-17-14/h3,7,11H,2,4-6,8-9H2,1H3,(H,16,17). The maximum absolute atomic E-state index is 11.1. The van der Waals surface area contributed by atoms with E-state index < -0.39 is 4.92 Å². The van der Waals surface area contributed by atoms with Gasteiger partial charge in [-0.1, -0.05) is 0 Å². The molecule has 0 bridgehead atoms. The SMILES string of the molecule is CN1CCC(CCNc2nccc(C#N)c2[N+](=O)[O-])CC1. The molecule has 112 valence electrons. The Balaban J connectivity index is 1.94. The van der Waals surface area contributed by atoms with Crippen LogP contribution >= 0.6 is 0 Å². The Labute approximate surface area is 123 Å². The Kier molecular flexibility index (Phi) is 5.06. The van der Waals surface area contributed by atoms with Gasteiger partial charge in [0.15, 0.2) is 0 Å². The number of rotatable bonds is 5. The van der Waals surface area contributed by atoms with Crippen LogP contribution in [0.1, 0.15) is 24.8 Å². The average molecular weight is 289 g/mol. The number of likely N-dealkylation sites (tertiary alicyclic amines) is 1. The highest BCUT2D eigenvalue weighted by molar-refractivity contribution is 5.63. The van der Waals surface area contributed by atoms with E-state index in [1.54, 1.807) is 0 Å². The van der Waals surface area contributed by atoms with Crippen LogP contribution in [-0.4, -0.2) is 41.5 Å². The molecule has 0 aromatic carbocycles. The smallest absolute Gasteiger partial charge is 0.328 e. The molecular weight excluding hydrogens is 270 g/mol. The molecule has 1 aromatic rings. The first-order chi connectivity index (χ1) is 10.1. The summed E-state index contributed by atoms with van der Waals surface area (Å²) in [5.41, 5.74) is -0.194. The second-order valence-corrected chi connectivity index (χ2v) is 5.39. The molecule has 1 aromatic heterocycles. The van der Waals surface area contributed by atoms with E-state index in [0.717, 1.165) is 32.4 Å². The average Bonchev–Trinajstić information content (AvgIpc) is 2.48. The zero-order valence-corrected chi connectivity index (χ0v) is 12.1. The van der Waals surface area contributed by atoms with Gasteiger partial charge in [-0.15, -0.1) is 0 Å². The van der Waals surface area contributed by atoms with Crippen LogP contribution in [0.2, 0.25) is 0 Å². The molecule has 0 amide bonds. The predicted molar refractivity (Wildman–Crippen MR) is 78.9 cm³/mol. The molecule has 2 heterocycles. The van der Waals surface area contributed by atoms with Crippen LogP contribution in [-0.2, 0) is 0 Å². The minimum absolute atomic E-state index is 0.0387. The van der Waals surface area contributed by atoms with Gasteiger partial charge in [-0.05, 0) is 51.4 Å². The zero-order chi connectivity index (χ0) is 15.2. The van der Waals surface area contributed by atoms with Crippen molar-refractivity contribution in [3.63, 3.8) is 0 Å². The Morgan fingerprint density at radius 2 is 2.29 bits per heavy atom. The molecule has 7 heteroatoms. The highest BCUT2D eigenvalue weighted by atomic mass is 16.6. The van der Waals surface area contributed by atoms with Gasteiger partial charge in [0, 0.05) is 12.7 Å². The molecule has 0 atom stereocenters. The Morgan fingerprint density at radius 1 is 1.57 bits per heavy atom. The van der Waals surface area contributed by atoms with E-state index >= 15 is 0 Å². The molecule has 0 saturated carbocycles. The molecular formula is C14H19N5O2. The number of nitro groups is 1. The van der Waals surface area contributed by atoms with Crippen molar-refractivity contribution < 1.29 is 4.92 Å². The van der Waals surface area contributed by atoms with Crippen molar-refractivity contribution in [2.24, 2.45) is 5.92 Å². The highest BCUT2D eigenvalue weighted by Crippen LogP contribution is 2.26. The summed E-state index contributed by atoms with van der Waals surface area (Å²) in [6.45, 7) is 2.84. The quantitative estimate of drug-likeness (QED) is 0.658. The summed E-state index contributed by atoms with van der Waals surface area (Å²) in [6.07, 6.45) is 4.70. The summed E-state index contributed by atoms with van der Waals surface area (Å²) in [7, 11) is 2.12. The number of hydrogen-bond acceptors (Lipinski definition) is 6. The number of anilines is 1. The molecule has 2 rings (SSSR count). The summed E-state index contributed by atoms with van der Waals surface area (Å²) >= 11 is 0. The normalized spacial score (nSPS) is 16.4. The van der Waals surface area contributed by atoms with E-state index in [2.05, 4.69) is 22.2 Å². The van der Waals surface area contributed by atoms with E-state index in [4.69, 9.17) is 5.26 Å². The molecule has 7 nitrogen and oxygen atoms in total. The predicted octanol–water partition coefficient (Wildman–Crippen LogP) is 2.01. The fraction of sp³-hybridized carbons (Fsp3) is 0.571. The van der Waals surface area contributed by atoms with Crippen molar-refractivity contribution in [1.29, 1.82) is 5.26 Å². The summed E-state index contributed by atoms with van der Waals surface area (Å²) in [5, 5.41) is 23.0. The van der Waals surface area contributed by atoms with Crippen molar-refractivity contribution >= 4 is 11.5 Å². The summed E-state index contributed by atoms with van der Waals surface area (Å²) < 4.78 is 0. The number of piperidine rings is 1. The zero-order valence-electron chi connectivity index (χ0n) is 12.1. The minimum Gasteiger partial charge on any atom is -0.364 e. The Hall–Kier alpha value is -2.20. The number of pyridine rings is 1. The second kappa shape index (κ2) is 6.99. The first-order valence-electron chi connectivity index (χ1n) is 7.07. The van der Waals surface area contributed by atoms with E-state index in [1.165, 1.54) is 12.3 Å². The number of aromatic nitrogens is 1. The van der Waals surface area contributed by atoms with E-state index in [-0.39, 0.29) is 17.1 Å². The lowest BCUT2D eigenvalue weighted by Crippen LogP contribution is -2.30. The molecule has 21 heavy (non-hydrogen) atoms. The third kappa shape index (κ3) is 3.89. The van der Waals surface area contributed by atoms with Crippen LogP contribution in [0, 0.1) is 27.4 Å². The molecule has 1 aliphatic heterocycles. The van der Waals surface area contributed by atoms with Crippen molar-refractivity contribution in [1.82, 2.24) is 9.88 Å². The van der Waals surface area contributed by atoms with Crippen molar-refractivity contribution in [3.05, 3.63) is 27.9 Å². The summed E-state index contributed by atoms with van der Waals surface area (Å²) in [4.78, 5) is 16.8. The fourth-order valence-corrected chi connectivity index (χ4v) is 2.60. The molecule has 0 radical (unpaired) electrons. The highest BCUT2D eigenvalue weighted by Gasteiger charge is 2.21. The topological polar surface area (TPSA) is 95.1 Å². The Morgan fingerprint density at radius 3 is 2.90 bits per heavy atom. The van der Waals surface area contributed by atoms with Gasteiger partial charge in [0.2, 0.25) is 5.82 Å². The summed E-state index contributed by atoms with van der Waals surface area (Å²) in [6, 6.07) is 3.20. The lowest BCUT2D eigenvalue weighted by Gasteiger charge is -2.28. The molecule has 1 fully saturated rings. The molecule has 0 aliphatic carbocycles. The maximum atomic E-state index is 11.1. The maximum Gasteiger partial charge on any atom is 0.328 e. The van der Waals surface area contributed by atoms with Gasteiger partial charge >= 0.3 is 5.69 Å². The third-order valence-corrected chi connectivity index (χ3v) is 3.91. The van der Waals surface area contributed by atoms with Gasteiger partial charge in [-0.25, -0.2) is 4.98 Å². The fourth-order valence-electron chi connectivity index (χ4n) is 2.60. The van der Waals surface area contributed by atoms with Crippen molar-refractivity contribution in [3.8, 4) is 6.07 Å². The van der Waals surface area contributed by atoms with E-state index in [9.17, 15) is 10.1 Å². The van der Waals surface area contributed by atoms with Crippen LogP contribution in [0.5, 0.6) is 0 Å². The lowest BCUT2D eigenvalue weighted by atomic mass is 9.94. The molecule has 1 N–H and O–H groups in total. The van der Waals surface area contributed by atoms with Crippen molar-refractivity contribution in [2.45, 2.75) is 19.3 Å². The van der Waals surface area contributed by atoms with Crippen LogP contribution < -0.4 is 5.32 Å². The summed E-state index contributed by atoms with van der Waals surface area (Å²) in [5.74, 6) is 0.832. The number of nitrogens with one attached hydrogen (secondary N) is 1. The van der Waals surface area contributed by atoms with E-state index in [0.29, 0.717) is 12.5 Å². The van der Waals surface area contributed by atoms with Gasteiger partial charge < -0.3 is 10.2 Å². The van der Waals surface area contributed by atoms with Gasteiger partial charge in [0.25, 0.3) is 0 Å². The minimum atomic E-state index is -0.552. The number of hydrogen-bond donors (Lipinski definition) is 1.